The van der Waals surface area contributed by atoms with E-state index >= 15 is 0 Å². The minimum atomic E-state index is -0.318. The van der Waals surface area contributed by atoms with Crippen LogP contribution < -0.4 is 4.90 Å². The zero-order valence-corrected chi connectivity index (χ0v) is 11.0. The molecule has 3 rings (SSSR count). The molecule has 2 fully saturated rings. The van der Waals surface area contributed by atoms with Crippen molar-refractivity contribution in [1.29, 1.82) is 0 Å². The van der Waals surface area contributed by atoms with Crippen molar-refractivity contribution in [3.63, 3.8) is 0 Å². The van der Waals surface area contributed by atoms with Crippen molar-refractivity contribution in [1.82, 2.24) is 0 Å². The predicted molar refractivity (Wildman–Crippen MR) is 71.0 cm³/mol. The van der Waals surface area contributed by atoms with E-state index in [0.29, 0.717) is 18.1 Å². The number of carbonyl (C=O) groups is 2. The second-order valence-corrected chi connectivity index (χ2v) is 5.15. The molecule has 0 unspecified atom stereocenters. The average molecular weight is 259 g/mol. The molecule has 1 aromatic carbocycles. The van der Waals surface area contributed by atoms with Crippen molar-refractivity contribution in [2.24, 2.45) is 11.8 Å². The lowest BCUT2D eigenvalue weighted by Gasteiger charge is -2.26. The number of amides is 1. The van der Waals surface area contributed by atoms with Gasteiger partial charge in [-0.3, -0.25) is 4.79 Å². The van der Waals surface area contributed by atoms with Crippen molar-refractivity contribution in [2.75, 3.05) is 18.1 Å². The van der Waals surface area contributed by atoms with Crippen LogP contribution in [-0.2, 0) is 9.53 Å². The highest BCUT2D eigenvalue weighted by atomic mass is 16.5. The molecule has 19 heavy (non-hydrogen) atoms. The van der Waals surface area contributed by atoms with E-state index in [4.69, 9.17) is 4.74 Å². The number of carbonyl (C=O) groups excluding carboxylic acids is 2. The smallest absolute Gasteiger partial charge is 0.338 e. The Morgan fingerprint density at radius 3 is 2.79 bits per heavy atom. The molecule has 100 valence electrons. The summed E-state index contributed by atoms with van der Waals surface area (Å²) in [5, 5.41) is 0. The molecule has 1 aromatic rings. The number of hydrogen-bond acceptors (Lipinski definition) is 3. The molecule has 0 N–H and O–H groups in total. The molecule has 2 atom stereocenters. The summed E-state index contributed by atoms with van der Waals surface area (Å²) < 4.78 is 4.94. The number of ether oxygens (including phenoxy) is 1. The van der Waals surface area contributed by atoms with E-state index in [1.807, 2.05) is 17.0 Å². The highest BCUT2D eigenvalue weighted by Crippen LogP contribution is 2.46. The first-order chi connectivity index (χ1) is 9.20. The quantitative estimate of drug-likeness (QED) is 0.782. The Morgan fingerprint density at radius 1 is 1.37 bits per heavy atom. The maximum atomic E-state index is 12.1. The van der Waals surface area contributed by atoms with Crippen molar-refractivity contribution in [2.45, 2.75) is 19.8 Å². The number of nitrogens with zero attached hydrogens (tertiary/aromatic N) is 1. The first-order valence-electron chi connectivity index (χ1n) is 6.79. The van der Waals surface area contributed by atoms with Gasteiger partial charge in [-0.1, -0.05) is 0 Å². The van der Waals surface area contributed by atoms with Crippen LogP contribution in [0.25, 0.3) is 0 Å². The molecule has 1 heterocycles. The van der Waals surface area contributed by atoms with Gasteiger partial charge in [-0.2, -0.15) is 0 Å². The van der Waals surface area contributed by atoms with Gasteiger partial charge in [-0.25, -0.2) is 4.79 Å². The largest absolute Gasteiger partial charge is 0.462 e. The van der Waals surface area contributed by atoms with Crippen LogP contribution in [0.5, 0.6) is 0 Å². The first kappa shape index (κ1) is 12.2. The number of anilines is 1. The molecule has 2 aliphatic rings. The van der Waals surface area contributed by atoms with Crippen molar-refractivity contribution in [3.05, 3.63) is 29.8 Å². The highest BCUT2D eigenvalue weighted by Gasteiger charge is 2.48. The van der Waals surface area contributed by atoms with Gasteiger partial charge in [-0.05, 0) is 49.9 Å². The third-order valence-electron chi connectivity index (χ3n) is 3.92. The number of piperidine rings is 1. The topological polar surface area (TPSA) is 46.6 Å². The van der Waals surface area contributed by atoms with Gasteiger partial charge in [0.05, 0.1) is 12.2 Å². The van der Waals surface area contributed by atoms with E-state index in [1.165, 1.54) is 0 Å². The van der Waals surface area contributed by atoms with Crippen LogP contribution in [0.4, 0.5) is 5.69 Å². The summed E-state index contributed by atoms with van der Waals surface area (Å²) in [6, 6.07) is 7.10. The van der Waals surface area contributed by atoms with Gasteiger partial charge in [0.25, 0.3) is 0 Å². The molecule has 0 aromatic heterocycles. The molecule has 0 spiro atoms. The predicted octanol–water partition coefficient (Wildman–Crippen LogP) is 2.24. The molecule has 0 bridgehead atoms. The summed E-state index contributed by atoms with van der Waals surface area (Å²) in [6.45, 7) is 2.94. The van der Waals surface area contributed by atoms with Crippen LogP contribution in [0, 0.1) is 11.8 Å². The maximum Gasteiger partial charge on any atom is 0.338 e. The van der Waals surface area contributed by atoms with Gasteiger partial charge in [0.1, 0.15) is 0 Å². The number of rotatable bonds is 3. The molecule has 1 saturated carbocycles. The van der Waals surface area contributed by atoms with Crippen LogP contribution in [0.1, 0.15) is 30.1 Å². The number of esters is 1. The van der Waals surface area contributed by atoms with Gasteiger partial charge in [0.2, 0.25) is 5.91 Å². The Labute approximate surface area is 112 Å². The lowest BCUT2D eigenvalue weighted by atomic mass is 10.1. The molecule has 0 radical (unpaired) electrons. The zero-order chi connectivity index (χ0) is 13.4. The molecule has 1 aliphatic heterocycles. The van der Waals surface area contributed by atoms with E-state index in [-0.39, 0.29) is 17.8 Å². The van der Waals surface area contributed by atoms with Gasteiger partial charge in [0, 0.05) is 18.2 Å². The summed E-state index contributed by atoms with van der Waals surface area (Å²) in [5.74, 6) is 0.794. The van der Waals surface area contributed by atoms with Crippen LogP contribution in [0.3, 0.4) is 0 Å². The van der Waals surface area contributed by atoms with Gasteiger partial charge >= 0.3 is 5.97 Å². The molecular weight excluding hydrogens is 242 g/mol. The van der Waals surface area contributed by atoms with E-state index in [2.05, 4.69) is 0 Å². The maximum absolute atomic E-state index is 12.1. The fourth-order valence-corrected chi connectivity index (χ4v) is 2.72. The SMILES string of the molecule is CCOC(=O)c1ccc(N2CC[C@H]3C[C@@H]3C2=O)cc1. The van der Waals surface area contributed by atoms with Crippen molar-refractivity contribution >= 4 is 17.6 Å². The Bertz CT molecular complexity index is 509. The van der Waals surface area contributed by atoms with E-state index in [1.54, 1.807) is 19.1 Å². The minimum Gasteiger partial charge on any atom is -0.462 e. The Morgan fingerprint density at radius 2 is 2.11 bits per heavy atom. The van der Waals surface area contributed by atoms with Gasteiger partial charge < -0.3 is 9.64 Å². The van der Waals surface area contributed by atoms with E-state index in [9.17, 15) is 9.59 Å². The van der Waals surface area contributed by atoms with E-state index in [0.717, 1.165) is 25.1 Å². The van der Waals surface area contributed by atoms with Crippen LogP contribution in [0.2, 0.25) is 0 Å². The fraction of sp³-hybridized carbons (Fsp3) is 0.467. The van der Waals surface area contributed by atoms with Gasteiger partial charge in [-0.15, -0.1) is 0 Å². The lowest BCUT2D eigenvalue weighted by molar-refractivity contribution is -0.120. The standard InChI is InChI=1S/C15H17NO3/c1-2-19-15(18)10-3-5-12(6-4-10)16-8-7-11-9-13(11)14(16)17/h3-6,11,13H,2,7-9H2,1H3/t11-,13-/m0/s1. The number of fused-ring (bicyclic) bond motifs is 1. The van der Waals surface area contributed by atoms with Gasteiger partial charge in [0.15, 0.2) is 0 Å². The van der Waals surface area contributed by atoms with Crippen LogP contribution in [-0.4, -0.2) is 25.0 Å². The molecule has 1 saturated heterocycles. The zero-order valence-electron chi connectivity index (χ0n) is 11.0. The Kier molecular flexibility index (Phi) is 3.01. The van der Waals surface area contributed by atoms with E-state index < -0.39 is 0 Å². The molecule has 1 amide bonds. The molecule has 1 aliphatic carbocycles. The van der Waals surface area contributed by atoms with Crippen molar-refractivity contribution < 1.29 is 14.3 Å². The Hall–Kier alpha value is -1.84. The normalized spacial score (nSPS) is 24.9. The van der Waals surface area contributed by atoms with Crippen LogP contribution >= 0.6 is 0 Å². The first-order valence-corrected chi connectivity index (χ1v) is 6.79. The number of benzene rings is 1. The highest BCUT2D eigenvalue weighted by molar-refractivity contribution is 5.98. The van der Waals surface area contributed by atoms with Crippen LogP contribution in [0.15, 0.2) is 24.3 Å². The monoisotopic (exact) mass is 259 g/mol. The average Bonchev–Trinajstić information content (AvgIpc) is 3.20. The minimum absolute atomic E-state index is 0.236. The Balaban J connectivity index is 1.75. The second kappa shape index (κ2) is 4.68. The third-order valence-corrected chi connectivity index (χ3v) is 3.92. The fourth-order valence-electron chi connectivity index (χ4n) is 2.72. The summed E-state index contributed by atoms with van der Waals surface area (Å²) >= 11 is 0. The molecule has 4 nitrogen and oxygen atoms in total. The second-order valence-electron chi connectivity index (χ2n) is 5.15. The van der Waals surface area contributed by atoms with Crippen molar-refractivity contribution in [3.8, 4) is 0 Å². The summed E-state index contributed by atoms with van der Waals surface area (Å²) in [4.78, 5) is 25.5. The lowest BCUT2D eigenvalue weighted by Crippen LogP contribution is -2.37. The molecule has 4 heteroatoms. The third kappa shape index (κ3) is 2.23. The number of hydrogen-bond donors (Lipinski definition) is 0. The molecular formula is C15H17NO3. The summed E-state index contributed by atoms with van der Waals surface area (Å²) in [5.41, 5.74) is 1.41. The summed E-state index contributed by atoms with van der Waals surface area (Å²) in [6.07, 6.45) is 2.15. The summed E-state index contributed by atoms with van der Waals surface area (Å²) in [7, 11) is 0.